The number of halogens is 1. The summed E-state index contributed by atoms with van der Waals surface area (Å²) in [6.07, 6.45) is 3.78. The van der Waals surface area contributed by atoms with Gasteiger partial charge >= 0.3 is 0 Å². The number of hydrogen-bond acceptors (Lipinski definition) is 3. The standard InChI is InChI=1S/C15H20FN3O2/c1-10-6-7-12(13(16)8-10)15(20)19(9-14(17)18-21)11-4-2-3-5-11/h6-8,11,21H,2-5,9H2,1H3,(H2,17,18). The lowest BCUT2D eigenvalue weighted by molar-refractivity contribution is 0.0707. The quantitative estimate of drug-likeness (QED) is 0.387. The van der Waals surface area contributed by atoms with E-state index < -0.39 is 11.7 Å². The Bertz CT molecular complexity index is 554. The second-order valence-corrected chi connectivity index (χ2v) is 5.45. The first-order valence-corrected chi connectivity index (χ1v) is 7.06. The molecule has 1 fully saturated rings. The first kappa shape index (κ1) is 15.3. The van der Waals surface area contributed by atoms with Gasteiger partial charge in [-0.3, -0.25) is 4.79 Å². The summed E-state index contributed by atoms with van der Waals surface area (Å²) in [6, 6.07) is 4.54. The second kappa shape index (κ2) is 6.56. The van der Waals surface area contributed by atoms with Crippen LogP contribution in [0.25, 0.3) is 0 Å². The summed E-state index contributed by atoms with van der Waals surface area (Å²) in [6.45, 7) is 1.77. The summed E-state index contributed by atoms with van der Waals surface area (Å²) >= 11 is 0. The molecule has 2 rings (SSSR count). The number of nitrogens with zero attached hydrogens (tertiary/aromatic N) is 2. The Morgan fingerprint density at radius 2 is 2.14 bits per heavy atom. The molecule has 21 heavy (non-hydrogen) atoms. The summed E-state index contributed by atoms with van der Waals surface area (Å²) in [5, 5.41) is 11.6. The highest BCUT2D eigenvalue weighted by Crippen LogP contribution is 2.25. The normalized spacial score (nSPS) is 16.2. The third-order valence-corrected chi connectivity index (χ3v) is 3.84. The Balaban J connectivity index is 2.28. The lowest BCUT2D eigenvalue weighted by atomic mass is 10.1. The molecule has 1 aromatic rings. The lowest BCUT2D eigenvalue weighted by Crippen LogP contribution is -2.44. The van der Waals surface area contributed by atoms with Crippen molar-refractivity contribution in [3.05, 3.63) is 35.1 Å². The molecule has 0 spiro atoms. The second-order valence-electron chi connectivity index (χ2n) is 5.45. The molecule has 0 atom stereocenters. The fourth-order valence-electron chi connectivity index (χ4n) is 2.74. The maximum atomic E-state index is 14.0. The molecular formula is C15H20FN3O2. The van der Waals surface area contributed by atoms with Crippen LogP contribution in [0.1, 0.15) is 41.6 Å². The van der Waals surface area contributed by atoms with Crippen LogP contribution in [0.2, 0.25) is 0 Å². The number of amidine groups is 1. The number of carbonyl (C=O) groups excluding carboxylic acids is 1. The van der Waals surface area contributed by atoms with E-state index in [-0.39, 0.29) is 24.0 Å². The van der Waals surface area contributed by atoms with Gasteiger partial charge in [-0.1, -0.05) is 24.1 Å². The van der Waals surface area contributed by atoms with E-state index >= 15 is 0 Å². The summed E-state index contributed by atoms with van der Waals surface area (Å²) in [5.74, 6) is -1.00. The predicted octanol–water partition coefficient (Wildman–Crippen LogP) is 2.27. The molecule has 6 heteroatoms. The molecule has 1 aromatic carbocycles. The molecule has 1 aliphatic rings. The van der Waals surface area contributed by atoms with Gasteiger partial charge in [0, 0.05) is 6.04 Å². The summed E-state index contributed by atoms with van der Waals surface area (Å²) in [5.41, 5.74) is 6.32. The minimum atomic E-state index is -0.539. The van der Waals surface area contributed by atoms with E-state index in [2.05, 4.69) is 5.16 Å². The molecule has 114 valence electrons. The number of nitrogens with two attached hydrogens (primary N) is 1. The lowest BCUT2D eigenvalue weighted by Gasteiger charge is -2.28. The number of benzene rings is 1. The van der Waals surface area contributed by atoms with E-state index in [4.69, 9.17) is 10.9 Å². The molecular weight excluding hydrogens is 273 g/mol. The molecule has 3 N–H and O–H groups in total. The van der Waals surface area contributed by atoms with Crippen molar-refractivity contribution in [3.63, 3.8) is 0 Å². The fraction of sp³-hybridized carbons (Fsp3) is 0.467. The van der Waals surface area contributed by atoms with Gasteiger partial charge in [0.1, 0.15) is 5.82 Å². The molecule has 0 radical (unpaired) electrons. The van der Waals surface area contributed by atoms with E-state index in [9.17, 15) is 9.18 Å². The van der Waals surface area contributed by atoms with E-state index in [0.29, 0.717) is 0 Å². The number of carbonyl (C=O) groups is 1. The zero-order chi connectivity index (χ0) is 15.4. The largest absolute Gasteiger partial charge is 0.409 e. The molecule has 0 heterocycles. The van der Waals surface area contributed by atoms with Crippen LogP contribution < -0.4 is 5.73 Å². The Kier molecular flexibility index (Phi) is 4.77. The van der Waals surface area contributed by atoms with Gasteiger partial charge in [-0.15, -0.1) is 0 Å². The van der Waals surface area contributed by atoms with Crippen LogP contribution in [0.3, 0.4) is 0 Å². The van der Waals surface area contributed by atoms with Crippen LogP contribution in [0.4, 0.5) is 4.39 Å². The summed E-state index contributed by atoms with van der Waals surface area (Å²) in [7, 11) is 0. The first-order chi connectivity index (χ1) is 10.0. The van der Waals surface area contributed by atoms with Crippen LogP contribution in [-0.2, 0) is 0 Å². The van der Waals surface area contributed by atoms with Gasteiger partial charge < -0.3 is 15.8 Å². The van der Waals surface area contributed by atoms with Crippen molar-refractivity contribution in [3.8, 4) is 0 Å². The van der Waals surface area contributed by atoms with Gasteiger partial charge in [-0.25, -0.2) is 4.39 Å². The zero-order valence-electron chi connectivity index (χ0n) is 12.1. The van der Waals surface area contributed by atoms with Crippen LogP contribution >= 0.6 is 0 Å². The molecule has 0 aliphatic heterocycles. The van der Waals surface area contributed by atoms with Crippen molar-refractivity contribution >= 4 is 11.7 Å². The van der Waals surface area contributed by atoms with Crippen molar-refractivity contribution < 1.29 is 14.4 Å². The summed E-state index contributed by atoms with van der Waals surface area (Å²) < 4.78 is 14.0. The van der Waals surface area contributed by atoms with Crippen LogP contribution in [0.15, 0.2) is 23.4 Å². The number of hydrogen-bond donors (Lipinski definition) is 2. The Hall–Kier alpha value is -2.11. The van der Waals surface area contributed by atoms with E-state index in [1.165, 1.54) is 17.0 Å². The smallest absolute Gasteiger partial charge is 0.257 e. The van der Waals surface area contributed by atoms with Gasteiger partial charge in [0.15, 0.2) is 5.84 Å². The zero-order valence-corrected chi connectivity index (χ0v) is 12.1. The third kappa shape index (κ3) is 3.51. The van der Waals surface area contributed by atoms with Gasteiger partial charge in [0.25, 0.3) is 5.91 Å². The monoisotopic (exact) mass is 293 g/mol. The van der Waals surface area contributed by atoms with Crippen molar-refractivity contribution in [1.29, 1.82) is 0 Å². The average Bonchev–Trinajstić information content (AvgIpc) is 2.97. The number of oxime groups is 1. The predicted molar refractivity (Wildman–Crippen MR) is 77.8 cm³/mol. The van der Waals surface area contributed by atoms with E-state index in [0.717, 1.165) is 31.2 Å². The highest BCUT2D eigenvalue weighted by molar-refractivity contribution is 5.97. The van der Waals surface area contributed by atoms with Crippen LogP contribution in [0.5, 0.6) is 0 Å². The highest BCUT2D eigenvalue weighted by Gasteiger charge is 2.29. The number of rotatable bonds is 4. The topological polar surface area (TPSA) is 78.9 Å². The number of amides is 1. The van der Waals surface area contributed by atoms with Crippen molar-refractivity contribution in [2.75, 3.05) is 6.54 Å². The highest BCUT2D eigenvalue weighted by atomic mass is 19.1. The van der Waals surface area contributed by atoms with Crippen LogP contribution in [-0.4, -0.2) is 34.4 Å². The van der Waals surface area contributed by atoms with Gasteiger partial charge in [-0.05, 0) is 37.5 Å². The fourth-order valence-corrected chi connectivity index (χ4v) is 2.74. The van der Waals surface area contributed by atoms with Crippen molar-refractivity contribution in [2.45, 2.75) is 38.6 Å². The Labute approximate surface area is 123 Å². The molecule has 1 saturated carbocycles. The molecule has 5 nitrogen and oxygen atoms in total. The average molecular weight is 293 g/mol. The molecule has 0 saturated heterocycles. The summed E-state index contributed by atoms with van der Waals surface area (Å²) in [4.78, 5) is 14.1. The van der Waals surface area contributed by atoms with Gasteiger partial charge in [0.05, 0.1) is 12.1 Å². The Morgan fingerprint density at radius 1 is 1.48 bits per heavy atom. The molecule has 0 bridgehead atoms. The minimum absolute atomic E-state index is 0.00726. The molecule has 0 aromatic heterocycles. The SMILES string of the molecule is Cc1ccc(C(=O)N(C/C(N)=N/O)C2CCCC2)c(F)c1. The minimum Gasteiger partial charge on any atom is -0.409 e. The van der Waals surface area contributed by atoms with Gasteiger partial charge in [-0.2, -0.15) is 0 Å². The van der Waals surface area contributed by atoms with E-state index in [1.54, 1.807) is 13.0 Å². The first-order valence-electron chi connectivity index (χ1n) is 7.06. The van der Waals surface area contributed by atoms with E-state index in [1.807, 2.05) is 0 Å². The molecule has 0 unspecified atom stereocenters. The molecule has 1 aliphatic carbocycles. The maximum absolute atomic E-state index is 14.0. The molecule has 1 amide bonds. The van der Waals surface area contributed by atoms with Crippen molar-refractivity contribution in [2.24, 2.45) is 10.9 Å². The van der Waals surface area contributed by atoms with Crippen molar-refractivity contribution in [1.82, 2.24) is 4.90 Å². The Morgan fingerprint density at radius 3 is 2.71 bits per heavy atom. The number of aryl methyl sites for hydroxylation is 1. The maximum Gasteiger partial charge on any atom is 0.257 e. The van der Waals surface area contributed by atoms with Crippen LogP contribution in [0, 0.1) is 12.7 Å². The van der Waals surface area contributed by atoms with Gasteiger partial charge in [0.2, 0.25) is 0 Å². The third-order valence-electron chi connectivity index (χ3n) is 3.84.